The Kier molecular flexibility index (Phi) is 9.04. The van der Waals surface area contributed by atoms with Crippen LogP contribution in [0.5, 0.6) is 5.75 Å². The highest BCUT2D eigenvalue weighted by Crippen LogP contribution is 2.38. The standard InChI is InChI=1S/C27H28FN5O4S/c1-2-36-27(35)30-12-5-6-13-37-22-8-4-3-7-18(22)24-25-19(11-14-38-25)26(33-32-24)31-21-10-9-17(15-20(21)28)16-23(29)34/h3-4,7-11,14-15H,2,5-6,12-13,16H2,1H3,(H2,29,34)(H,30,35)(H,31,33). The molecule has 2 amide bonds. The second-order valence-electron chi connectivity index (χ2n) is 8.34. The van der Waals surface area contributed by atoms with Crippen LogP contribution in [-0.2, 0) is 16.0 Å². The number of hydrogen-bond acceptors (Lipinski definition) is 8. The molecule has 0 aliphatic rings. The van der Waals surface area contributed by atoms with E-state index in [1.165, 1.54) is 17.4 Å². The molecule has 0 saturated heterocycles. The van der Waals surface area contributed by atoms with Crippen LogP contribution < -0.4 is 21.1 Å². The monoisotopic (exact) mass is 537 g/mol. The molecule has 2 aromatic carbocycles. The summed E-state index contributed by atoms with van der Waals surface area (Å²) in [5.41, 5.74) is 7.38. The number of alkyl carbamates (subject to hydrolysis) is 1. The second-order valence-corrected chi connectivity index (χ2v) is 9.26. The smallest absolute Gasteiger partial charge is 0.407 e. The molecular weight excluding hydrogens is 509 g/mol. The SMILES string of the molecule is CCOC(=O)NCCCCOc1ccccc1-c1nnc(Nc2ccc(CC(N)=O)cc2F)c2ccsc12. The number of carbonyl (C=O) groups is 2. The number of nitrogens with one attached hydrogen (secondary N) is 2. The number of thiophene rings is 1. The van der Waals surface area contributed by atoms with Gasteiger partial charge >= 0.3 is 6.09 Å². The van der Waals surface area contributed by atoms with Crippen molar-refractivity contribution in [3.8, 4) is 17.0 Å². The first-order valence-electron chi connectivity index (χ1n) is 12.2. The van der Waals surface area contributed by atoms with Crippen LogP contribution in [0.3, 0.4) is 0 Å². The van der Waals surface area contributed by atoms with Crippen LogP contribution in [0.25, 0.3) is 21.3 Å². The Labute approximate surface area is 223 Å². The Morgan fingerprint density at radius 3 is 2.74 bits per heavy atom. The summed E-state index contributed by atoms with van der Waals surface area (Å²) >= 11 is 1.50. The third-order valence-electron chi connectivity index (χ3n) is 5.57. The lowest BCUT2D eigenvalue weighted by Crippen LogP contribution is -2.25. The molecule has 0 aliphatic heterocycles. The van der Waals surface area contributed by atoms with Crippen molar-refractivity contribution in [2.24, 2.45) is 5.73 Å². The Morgan fingerprint density at radius 1 is 1.11 bits per heavy atom. The van der Waals surface area contributed by atoms with Gasteiger partial charge in [0.05, 0.1) is 30.0 Å². The van der Waals surface area contributed by atoms with Gasteiger partial charge in [0.1, 0.15) is 17.3 Å². The average Bonchev–Trinajstić information content (AvgIpc) is 3.39. The topological polar surface area (TPSA) is 128 Å². The van der Waals surface area contributed by atoms with E-state index in [2.05, 4.69) is 20.8 Å². The number of unbranched alkanes of at least 4 members (excludes halogenated alkanes) is 1. The summed E-state index contributed by atoms with van der Waals surface area (Å²) in [6.07, 6.45) is 1.04. The molecule has 0 bridgehead atoms. The number of nitrogens with two attached hydrogens (primary N) is 1. The highest BCUT2D eigenvalue weighted by molar-refractivity contribution is 7.17. The number of benzene rings is 2. The second kappa shape index (κ2) is 12.8. The lowest BCUT2D eigenvalue weighted by atomic mass is 10.1. The van der Waals surface area contributed by atoms with E-state index in [4.69, 9.17) is 15.2 Å². The molecule has 11 heteroatoms. The quantitative estimate of drug-likeness (QED) is 0.213. The highest BCUT2D eigenvalue weighted by atomic mass is 32.1. The zero-order valence-electron chi connectivity index (χ0n) is 20.8. The number of carbonyl (C=O) groups excluding carboxylic acids is 2. The molecule has 0 fully saturated rings. The van der Waals surface area contributed by atoms with Crippen LogP contribution in [0.2, 0.25) is 0 Å². The zero-order chi connectivity index (χ0) is 26.9. The molecule has 0 radical (unpaired) electrons. The molecule has 0 unspecified atom stereocenters. The van der Waals surface area contributed by atoms with Crippen molar-refractivity contribution in [2.45, 2.75) is 26.2 Å². The average molecular weight is 538 g/mol. The first-order valence-corrected chi connectivity index (χ1v) is 13.0. The van der Waals surface area contributed by atoms with Gasteiger partial charge in [-0.1, -0.05) is 18.2 Å². The van der Waals surface area contributed by atoms with Crippen molar-refractivity contribution in [3.63, 3.8) is 0 Å². The van der Waals surface area contributed by atoms with Gasteiger partial charge in [-0.05, 0) is 61.0 Å². The molecule has 0 spiro atoms. The van der Waals surface area contributed by atoms with E-state index in [9.17, 15) is 14.0 Å². The molecule has 0 aliphatic carbocycles. The fraction of sp³-hybridized carbons (Fsp3) is 0.259. The maximum Gasteiger partial charge on any atom is 0.407 e. The summed E-state index contributed by atoms with van der Waals surface area (Å²) < 4.78 is 26.4. The van der Waals surface area contributed by atoms with E-state index in [-0.39, 0.29) is 12.1 Å². The van der Waals surface area contributed by atoms with Crippen LogP contribution in [0, 0.1) is 5.82 Å². The Hall–Kier alpha value is -4.25. The lowest BCUT2D eigenvalue weighted by molar-refractivity contribution is -0.117. The van der Waals surface area contributed by atoms with E-state index in [1.54, 1.807) is 19.1 Å². The number of halogens is 1. The summed E-state index contributed by atoms with van der Waals surface area (Å²) in [5.74, 6) is 0.0433. The van der Waals surface area contributed by atoms with Crippen LogP contribution >= 0.6 is 11.3 Å². The van der Waals surface area contributed by atoms with Gasteiger partial charge in [-0.3, -0.25) is 4.79 Å². The van der Waals surface area contributed by atoms with E-state index >= 15 is 0 Å². The summed E-state index contributed by atoms with van der Waals surface area (Å²) in [5, 5.41) is 17.2. The minimum Gasteiger partial charge on any atom is -0.493 e. The van der Waals surface area contributed by atoms with Gasteiger partial charge in [-0.2, -0.15) is 0 Å². The van der Waals surface area contributed by atoms with Crippen LogP contribution in [0.4, 0.5) is 20.7 Å². The Morgan fingerprint density at radius 2 is 1.95 bits per heavy atom. The van der Waals surface area contributed by atoms with Crippen molar-refractivity contribution < 1.29 is 23.5 Å². The van der Waals surface area contributed by atoms with E-state index in [0.29, 0.717) is 42.6 Å². The predicted molar refractivity (Wildman–Crippen MR) is 145 cm³/mol. The van der Waals surface area contributed by atoms with Crippen molar-refractivity contribution in [2.75, 3.05) is 25.1 Å². The molecule has 0 saturated carbocycles. The normalized spacial score (nSPS) is 10.8. The van der Waals surface area contributed by atoms with E-state index < -0.39 is 17.8 Å². The number of nitrogens with zero attached hydrogens (tertiary/aromatic N) is 2. The molecule has 198 valence electrons. The number of ether oxygens (including phenoxy) is 2. The number of para-hydroxylation sites is 1. The lowest BCUT2D eigenvalue weighted by Gasteiger charge is -2.13. The van der Waals surface area contributed by atoms with Crippen molar-refractivity contribution in [3.05, 3.63) is 65.3 Å². The first-order chi connectivity index (χ1) is 18.5. The van der Waals surface area contributed by atoms with E-state index in [1.807, 2.05) is 35.7 Å². The summed E-state index contributed by atoms with van der Waals surface area (Å²) in [6.45, 7) is 3.07. The minimum absolute atomic E-state index is 0.0353. The maximum absolute atomic E-state index is 14.7. The third-order valence-corrected chi connectivity index (χ3v) is 6.49. The highest BCUT2D eigenvalue weighted by Gasteiger charge is 2.17. The Bertz CT molecular complexity index is 1430. The van der Waals surface area contributed by atoms with Crippen LogP contribution in [0.1, 0.15) is 25.3 Å². The fourth-order valence-corrected chi connectivity index (χ4v) is 4.71. The minimum atomic E-state index is -0.526. The molecule has 4 N–H and O–H groups in total. The van der Waals surface area contributed by atoms with Gasteiger partial charge in [-0.15, -0.1) is 21.5 Å². The van der Waals surface area contributed by atoms with Gasteiger partial charge in [0.25, 0.3) is 0 Å². The number of aromatic nitrogens is 2. The largest absolute Gasteiger partial charge is 0.493 e. The molecule has 2 aromatic heterocycles. The Balaban J connectivity index is 1.47. The van der Waals surface area contributed by atoms with Crippen LogP contribution in [0.15, 0.2) is 53.9 Å². The number of fused-ring (bicyclic) bond motifs is 1. The van der Waals surface area contributed by atoms with Crippen molar-refractivity contribution >= 4 is 44.9 Å². The maximum atomic E-state index is 14.7. The molecular formula is C27H28FN5O4S. The number of amides is 2. The van der Waals surface area contributed by atoms with Gasteiger partial charge in [0.2, 0.25) is 5.91 Å². The van der Waals surface area contributed by atoms with Gasteiger partial charge in [-0.25, -0.2) is 9.18 Å². The number of rotatable bonds is 12. The number of hydrogen-bond donors (Lipinski definition) is 3. The number of primary amides is 1. The molecule has 38 heavy (non-hydrogen) atoms. The predicted octanol–water partition coefficient (Wildman–Crippen LogP) is 5.17. The molecule has 4 rings (SSSR count). The summed E-state index contributed by atoms with van der Waals surface area (Å²) in [6, 6.07) is 14.0. The molecule has 9 nitrogen and oxygen atoms in total. The third kappa shape index (κ3) is 6.74. The van der Waals surface area contributed by atoms with Gasteiger partial charge in [0, 0.05) is 17.5 Å². The van der Waals surface area contributed by atoms with Crippen molar-refractivity contribution in [1.29, 1.82) is 0 Å². The van der Waals surface area contributed by atoms with Gasteiger partial charge < -0.3 is 25.8 Å². The van der Waals surface area contributed by atoms with Crippen molar-refractivity contribution in [1.82, 2.24) is 15.5 Å². The molecule has 0 atom stereocenters. The fourth-order valence-electron chi connectivity index (χ4n) is 3.82. The first kappa shape index (κ1) is 26.8. The van der Waals surface area contributed by atoms with Crippen LogP contribution in [-0.4, -0.2) is 42.0 Å². The summed E-state index contributed by atoms with van der Waals surface area (Å²) in [7, 11) is 0. The zero-order valence-corrected chi connectivity index (χ0v) is 21.6. The van der Waals surface area contributed by atoms with E-state index in [0.717, 1.165) is 28.5 Å². The number of anilines is 2. The molecule has 4 aromatic rings. The summed E-state index contributed by atoms with van der Waals surface area (Å²) in [4.78, 5) is 22.5. The van der Waals surface area contributed by atoms with Gasteiger partial charge in [0.15, 0.2) is 5.82 Å². The molecule has 2 heterocycles.